The Balaban J connectivity index is 1.84. The fourth-order valence-electron chi connectivity index (χ4n) is 3.04. The van der Waals surface area contributed by atoms with E-state index in [1.807, 2.05) is 0 Å². The average molecular weight is 354 g/mol. The Bertz CT molecular complexity index is 671. The van der Waals surface area contributed by atoms with E-state index in [-0.39, 0.29) is 12.2 Å². The number of nitriles is 1. The predicted octanol–water partition coefficient (Wildman–Crippen LogP) is 1.21. The first-order chi connectivity index (χ1) is 11.3. The Morgan fingerprint density at radius 3 is 2.58 bits per heavy atom. The number of carbonyl (C=O) groups excluding carboxylic acids is 2. The minimum atomic E-state index is -3.22. The molecule has 1 heterocycles. The number of ether oxygens (including phenoxy) is 1. The molecule has 0 aromatic rings. The lowest BCUT2D eigenvalue weighted by Crippen LogP contribution is -2.52. The van der Waals surface area contributed by atoms with Crippen molar-refractivity contribution in [1.29, 1.82) is 5.26 Å². The quantitative estimate of drug-likeness (QED) is 0.742. The number of hydrogen-bond acceptors (Lipinski definition) is 6. The highest BCUT2D eigenvalue weighted by Gasteiger charge is 2.35. The van der Waals surface area contributed by atoms with E-state index in [1.165, 1.54) is 13.0 Å². The van der Waals surface area contributed by atoms with E-state index in [0.717, 1.165) is 24.7 Å². The molecule has 0 aromatic heterocycles. The van der Waals surface area contributed by atoms with E-state index in [1.54, 1.807) is 0 Å². The molecule has 8 heteroatoms. The molecule has 0 bridgehead atoms. The molecule has 24 heavy (non-hydrogen) atoms. The first-order valence-corrected chi connectivity index (χ1v) is 9.80. The standard InChI is InChI=1S/C16H22N2O5S/c1-12(15(20)18-16(11-17)6-3-2-4-7-16)23-14(19)9-13-5-8-24(21,22)10-13/h5,8,12-13H,2-4,6-7,9-10H2,1H3,(H,18,20). The number of sulfone groups is 1. The average Bonchev–Trinajstić information content (AvgIpc) is 2.86. The monoisotopic (exact) mass is 354 g/mol. The summed E-state index contributed by atoms with van der Waals surface area (Å²) >= 11 is 0. The van der Waals surface area contributed by atoms with E-state index >= 15 is 0 Å². The van der Waals surface area contributed by atoms with Crippen LogP contribution in [0.2, 0.25) is 0 Å². The normalized spacial score (nSPS) is 25.4. The summed E-state index contributed by atoms with van der Waals surface area (Å²) in [6.45, 7) is 1.45. The Morgan fingerprint density at radius 2 is 2.04 bits per heavy atom. The Hall–Kier alpha value is -1.88. The molecule has 0 radical (unpaired) electrons. The second kappa shape index (κ2) is 7.34. The maximum absolute atomic E-state index is 12.2. The number of nitrogens with zero attached hydrogens (tertiary/aromatic N) is 1. The van der Waals surface area contributed by atoms with Crippen molar-refractivity contribution in [2.24, 2.45) is 5.92 Å². The van der Waals surface area contributed by atoms with Crippen LogP contribution in [0.3, 0.4) is 0 Å². The van der Waals surface area contributed by atoms with Gasteiger partial charge in [-0.3, -0.25) is 9.59 Å². The van der Waals surface area contributed by atoms with Gasteiger partial charge in [-0.1, -0.05) is 25.3 Å². The smallest absolute Gasteiger partial charge is 0.307 e. The summed E-state index contributed by atoms with van der Waals surface area (Å²) < 4.78 is 27.7. The number of esters is 1. The molecule has 1 saturated carbocycles. The fourth-order valence-corrected chi connectivity index (χ4v) is 4.44. The van der Waals surface area contributed by atoms with E-state index in [0.29, 0.717) is 12.8 Å². The van der Waals surface area contributed by atoms with E-state index in [9.17, 15) is 23.3 Å². The van der Waals surface area contributed by atoms with Gasteiger partial charge in [0.1, 0.15) is 5.54 Å². The number of hydrogen-bond donors (Lipinski definition) is 1. The number of amides is 1. The molecule has 132 valence electrons. The van der Waals surface area contributed by atoms with Gasteiger partial charge in [0.05, 0.1) is 18.2 Å². The van der Waals surface area contributed by atoms with E-state index in [2.05, 4.69) is 11.4 Å². The summed E-state index contributed by atoms with van der Waals surface area (Å²) in [6, 6.07) is 2.18. The minimum absolute atomic E-state index is 0.0866. The molecule has 2 aliphatic rings. The van der Waals surface area contributed by atoms with Gasteiger partial charge in [-0.15, -0.1) is 0 Å². The molecule has 1 aliphatic heterocycles. The lowest BCUT2D eigenvalue weighted by atomic mass is 9.83. The second-order valence-electron chi connectivity index (χ2n) is 6.50. The van der Waals surface area contributed by atoms with Crippen LogP contribution in [-0.4, -0.2) is 37.7 Å². The lowest BCUT2D eigenvalue weighted by molar-refractivity contribution is -0.155. The predicted molar refractivity (Wildman–Crippen MR) is 86.2 cm³/mol. The molecule has 2 atom stereocenters. The van der Waals surface area contributed by atoms with Gasteiger partial charge in [0.25, 0.3) is 5.91 Å². The van der Waals surface area contributed by atoms with Crippen LogP contribution in [0.1, 0.15) is 45.4 Å². The SMILES string of the molecule is CC(OC(=O)CC1C=CS(=O)(=O)C1)C(=O)NC1(C#N)CCCCC1. The summed E-state index contributed by atoms with van der Waals surface area (Å²) in [4.78, 5) is 24.1. The van der Waals surface area contributed by atoms with Gasteiger partial charge in [0, 0.05) is 11.3 Å². The van der Waals surface area contributed by atoms with Crippen molar-refractivity contribution in [1.82, 2.24) is 5.32 Å². The third kappa shape index (κ3) is 4.81. The summed E-state index contributed by atoms with van der Waals surface area (Å²) in [5.41, 5.74) is -0.877. The van der Waals surface area contributed by atoms with Crippen molar-refractivity contribution >= 4 is 21.7 Å². The Morgan fingerprint density at radius 1 is 1.38 bits per heavy atom. The summed E-state index contributed by atoms with van der Waals surface area (Å²) in [7, 11) is -3.22. The highest BCUT2D eigenvalue weighted by Crippen LogP contribution is 2.27. The van der Waals surface area contributed by atoms with Crippen molar-refractivity contribution < 1.29 is 22.7 Å². The number of allylic oxidation sites excluding steroid dienone is 1. The molecule has 0 aromatic carbocycles. The first kappa shape index (κ1) is 18.5. The molecule has 2 rings (SSSR count). The second-order valence-corrected chi connectivity index (χ2v) is 8.43. The van der Waals surface area contributed by atoms with E-state index in [4.69, 9.17) is 4.74 Å². The zero-order valence-electron chi connectivity index (χ0n) is 13.7. The first-order valence-electron chi connectivity index (χ1n) is 8.09. The van der Waals surface area contributed by atoms with E-state index < -0.39 is 39.3 Å². The third-order valence-corrected chi connectivity index (χ3v) is 5.86. The summed E-state index contributed by atoms with van der Waals surface area (Å²) in [5.74, 6) is -1.65. The van der Waals surface area contributed by atoms with Crippen LogP contribution in [0.4, 0.5) is 0 Å². The maximum Gasteiger partial charge on any atom is 0.307 e. The van der Waals surface area contributed by atoms with Gasteiger partial charge >= 0.3 is 5.97 Å². The molecule has 7 nitrogen and oxygen atoms in total. The Labute approximate surface area is 142 Å². The van der Waals surface area contributed by atoms with Crippen LogP contribution in [0, 0.1) is 17.2 Å². The summed E-state index contributed by atoms with van der Waals surface area (Å²) in [5, 5.41) is 13.2. The third-order valence-electron chi connectivity index (χ3n) is 4.39. The largest absolute Gasteiger partial charge is 0.453 e. The van der Waals surface area contributed by atoms with Crippen molar-refractivity contribution in [3.63, 3.8) is 0 Å². The van der Waals surface area contributed by atoms with Gasteiger partial charge in [-0.2, -0.15) is 5.26 Å². The lowest BCUT2D eigenvalue weighted by Gasteiger charge is -2.32. The van der Waals surface area contributed by atoms with Crippen LogP contribution >= 0.6 is 0 Å². The topological polar surface area (TPSA) is 113 Å². The molecule has 0 spiro atoms. The fraction of sp³-hybridized carbons (Fsp3) is 0.688. The molecular formula is C16H22N2O5S. The summed E-state index contributed by atoms with van der Waals surface area (Å²) in [6.07, 6.45) is 4.36. The van der Waals surface area contributed by atoms with Gasteiger partial charge < -0.3 is 10.1 Å². The molecule has 2 unspecified atom stereocenters. The van der Waals surface area contributed by atoms with Crippen LogP contribution in [0.25, 0.3) is 0 Å². The van der Waals surface area contributed by atoms with Crippen molar-refractivity contribution in [2.75, 3.05) is 5.75 Å². The number of carbonyl (C=O) groups is 2. The van der Waals surface area contributed by atoms with Crippen molar-refractivity contribution in [3.05, 3.63) is 11.5 Å². The van der Waals surface area contributed by atoms with Crippen molar-refractivity contribution in [3.8, 4) is 6.07 Å². The molecular weight excluding hydrogens is 332 g/mol. The van der Waals surface area contributed by atoms with Crippen LogP contribution in [0.15, 0.2) is 11.5 Å². The minimum Gasteiger partial charge on any atom is -0.453 e. The molecule has 0 saturated heterocycles. The van der Waals surface area contributed by atoms with Gasteiger partial charge in [0.15, 0.2) is 15.9 Å². The zero-order chi connectivity index (χ0) is 17.8. The molecule has 1 aliphatic carbocycles. The van der Waals surface area contributed by atoms with Gasteiger partial charge in [-0.25, -0.2) is 8.42 Å². The molecule has 1 amide bonds. The van der Waals surface area contributed by atoms with Gasteiger partial charge in [0.2, 0.25) is 0 Å². The molecule has 1 fully saturated rings. The highest BCUT2D eigenvalue weighted by atomic mass is 32.2. The van der Waals surface area contributed by atoms with Gasteiger partial charge in [-0.05, 0) is 19.8 Å². The Kier molecular flexibility index (Phi) is 5.65. The number of rotatable bonds is 5. The highest BCUT2D eigenvalue weighted by molar-refractivity contribution is 7.94. The molecule has 1 N–H and O–H groups in total. The van der Waals surface area contributed by atoms with Crippen LogP contribution in [-0.2, 0) is 24.2 Å². The van der Waals surface area contributed by atoms with Crippen LogP contribution < -0.4 is 5.32 Å². The van der Waals surface area contributed by atoms with Crippen molar-refractivity contribution in [2.45, 2.75) is 57.1 Å². The van der Waals surface area contributed by atoms with Crippen LogP contribution in [0.5, 0.6) is 0 Å². The number of nitrogens with one attached hydrogen (secondary N) is 1. The zero-order valence-corrected chi connectivity index (χ0v) is 14.5. The maximum atomic E-state index is 12.2.